The van der Waals surface area contributed by atoms with E-state index in [1.54, 1.807) is 33.1 Å². The van der Waals surface area contributed by atoms with Gasteiger partial charge in [0.15, 0.2) is 0 Å². The van der Waals surface area contributed by atoms with Gasteiger partial charge in [-0.25, -0.2) is 0 Å². The van der Waals surface area contributed by atoms with Gasteiger partial charge in [0, 0.05) is 16.8 Å². The van der Waals surface area contributed by atoms with Crippen LogP contribution in [0.25, 0.3) is 0 Å². The van der Waals surface area contributed by atoms with Crippen molar-refractivity contribution in [1.82, 2.24) is 0 Å². The molecule has 0 aliphatic carbocycles. The van der Waals surface area contributed by atoms with Crippen molar-refractivity contribution in [2.45, 2.75) is 26.6 Å². The summed E-state index contributed by atoms with van der Waals surface area (Å²) in [6, 6.07) is 7.32. The highest BCUT2D eigenvalue weighted by atomic mass is 35.5. The average molecular weight is 304 g/mol. The Balaban J connectivity index is 2.85. The van der Waals surface area contributed by atoms with E-state index in [-0.39, 0.29) is 0 Å². The van der Waals surface area contributed by atoms with Gasteiger partial charge in [0.25, 0.3) is 0 Å². The van der Waals surface area contributed by atoms with Gasteiger partial charge in [-0.1, -0.05) is 29.8 Å². The molecular weight excluding hydrogens is 285 g/mol. The third-order valence-electron chi connectivity index (χ3n) is 2.41. The van der Waals surface area contributed by atoms with Crippen LogP contribution in [0.1, 0.15) is 26.3 Å². The van der Waals surface area contributed by atoms with Gasteiger partial charge in [0.05, 0.1) is 13.2 Å². The maximum atomic E-state index is 12.4. The molecule has 1 atom stereocenters. The number of nitrogens with zero attached hydrogens (tertiary/aromatic N) is 1. The zero-order valence-electron chi connectivity index (χ0n) is 11.4. The van der Waals surface area contributed by atoms with Crippen LogP contribution in [0.2, 0.25) is 5.02 Å². The highest BCUT2D eigenvalue weighted by molar-refractivity contribution is 7.54. The lowest BCUT2D eigenvalue weighted by atomic mass is 10.2. The van der Waals surface area contributed by atoms with E-state index >= 15 is 0 Å². The van der Waals surface area contributed by atoms with Crippen LogP contribution in [0, 0.1) is 0 Å². The summed E-state index contributed by atoms with van der Waals surface area (Å²) in [5.41, 5.74) is 0.774. The SMILES string of the molecule is CCOP(=O)(OCC)[C@H](C)/N=C/c1ccccc1Cl. The minimum atomic E-state index is -3.20. The van der Waals surface area contributed by atoms with Crippen molar-refractivity contribution in [1.29, 1.82) is 0 Å². The van der Waals surface area contributed by atoms with Crippen LogP contribution < -0.4 is 0 Å². The third-order valence-corrected chi connectivity index (χ3v) is 5.04. The molecule has 106 valence electrons. The maximum absolute atomic E-state index is 12.4. The first-order valence-electron chi connectivity index (χ1n) is 6.20. The van der Waals surface area contributed by atoms with Crippen LogP contribution in [-0.2, 0) is 13.6 Å². The molecule has 0 saturated carbocycles. The molecule has 1 rings (SSSR count). The predicted molar refractivity (Wildman–Crippen MR) is 79.4 cm³/mol. The predicted octanol–water partition coefficient (Wildman–Crippen LogP) is 4.37. The van der Waals surface area contributed by atoms with Crippen LogP contribution in [0.3, 0.4) is 0 Å². The van der Waals surface area contributed by atoms with Crippen LogP contribution >= 0.6 is 19.2 Å². The first-order chi connectivity index (χ1) is 9.03. The Morgan fingerprint density at radius 2 is 1.89 bits per heavy atom. The van der Waals surface area contributed by atoms with E-state index in [0.29, 0.717) is 18.2 Å². The fourth-order valence-corrected chi connectivity index (χ4v) is 3.10. The third kappa shape index (κ3) is 4.73. The summed E-state index contributed by atoms with van der Waals surface area (Å²) in [7, 11) is -3.20. The standard InChI is InChI=1S/C13H19ClNO3P/c1-4-17-19(16,18-5-2)11(3)15-10-12-8-6-7-9-13(12)14/h6-11H,4-5H2,1-3H3/b15-10+/t11-/m1/s1. The first kappa shape index (κ1) is 16.4. The summed E-state index contributed by atoms with van der Waals surface area (Å²) in [5.74, 6) is -0.566. The molecule has 0 heterocycles. The number of hydrogen-bond acceptors (Lipinski definition) is 4. The van der Waals surface area contributed by atoms with E-state index in [1.165, 1.54) is 0 Å². The van der Waals surface area contributed by atoms with Gasteiger partial charge >= 0.3 is 7.60 Å². The lowest BCUT2D eigenvalue weighted by Gasteiger charge is -2.20. The largest absolute Gasteiger partial charge is 0.354 e. The molecule has 0 spiro atoms. The fourth-order valence-electron chi connectivity index (χ4n) is 1.46. The average Bonchev–Trinajstić information content (AvgIpc) is 2.38. The van der Waals surface area contributed by atoms with Crippen molar-refractivity contribution < 1.29 is 13.6 Å². The molecule has 6 heteroatoms. The summed E-state index contributed by atoms with van der Waals surface area (Å²) < 4.78 is 22.9. The maximum Gasteiger partial charge on any atom is 0.354 e. The van der Waals surface area contributed by atoms with Gasteiger partial charge < -0.3 is 9.05 Å². The number of halogens is 1. The molecule has 0 unspecified atom stereocenters. The van der Waals surface area contributed by atoms with Crippen molar-refractivity contribution in [2.75, 3.05) is 13.2 Å². The lowest BCUT2D eigenvalue weighted by Crippen LogP contribution is -2.08. The number of hydrogen-bond donors (Lipinski definition) is 0. The zero-order chi connectivity index (χ0) is 14.3. The van der Waals surface area contributed by atoms with Crippen molar-refractivity contribution in [3.05, 3.63) is 34.9 Å². The van der Waals surface area contributed by atoms with Gasteiger partial charge in [-0.05, 0) is 26.8 Å². The first-order valence-corrected chi connectivity index (χ1v) is 8.19. The highest BCUT2D eigenvalue weighted by Gasteiger charge is 2.31. The molecule has 0 fully saturated rings. The Kier molecular flexibility index (Phi) is 6.73. The Labute approximate surface area is 119 Å². The van der Waals surface area contributed by atoms with Crippen molar-refractivity contribution in [3.8, 4) is 0 Å². The second-order valence-corrected chi connectivity index (χ2v) is 6.56. The molecular formula is C13H19ClNO3P. The normalized spacial score (nSPS) is 13.9. The Hall–Kier alpha value is -0.670. The molecule has 0 aromatic heterocycles. The van der Waals surface area contributed by atoms with Crippen LogP contribution in [0.4, 0.5) is 0 Å². The van der Waals surface area contributed by atoms with Gasteiger partial charge in [0.2, 0.25) is 0 Å². The minimum absolute atomic E-state index is 0.323. The summed E-state index contributed by atoms with van der Waals surface area (Å²) >= 11 is 6.02. The quantitative estimate of drug-likeness (QED) is 0.555. The van der Waals surface area contributed by atoms with Gasteiger partial charge in [-0.2, -0.15) is 0 Å². The molecule has 0 bridgehead atoms. The van der Waals surface area contributed by atoms with E-state index in [4.69, 9.17) is 20.6 Å². The molecule has 0 aliphatic heterocycles. The molecule has 1 aromatic carbocycles. The molecule has 1 aromatic rings. The van der Waals surface area contributed by atoms with Gasteiger partial charge in [-0.15, -0.1) is 0 Å². The summed E-state index contributed by atoms with van der Waals surface area (Å²) in [4.78, 5) is 4.24. The second kappa shape index (κ2) is 7.81. The number of benzene rings is 1. The highest BCUT2D eigenvalue weighted by Crippen LogP contribution is 2.53. The molecule has 0 radical (unpaired) electrons. The number of rotatable bonds is 7. The Morgan fingerprint density at radius 3 is 2.42 bits per heavy atom. The van der Waals surface area contributed by atoms with Crippen molar-refractivity contribution in [2.24, 2.45) is 4.99 Å². The summed E-state index contributed by atoms with van der Waals surface area (Å²) in [5, 5.41) is 0.598. The lowest BCUT2D eigenvalue weighted by molar-refractivity contribution is 0.214. The van der Waals surface area contributed by atoms with Crippen LogP contribution in [0.15, 0.2) is 29.3 Å². The van der Waals surface area contributed by atoms with E-state index in [1.807, 2.05) is 18.2 Å². The monoisotopic (exact) mass is 303 g/mol. The van der Waals surface area contributed by atoms with E-state index in [2.05, 4.69) is 4.99 Å². The molecule has 0 aliphatic rings. The van der Waals surface area contributed by atoms with E-state index in [0.717, 1.165) is 5.56 Å². The molecule has 0 amide bonds. The summed E-state index contributed by atoms with van der Waals surface area (Å²) in [6.07, 6.45) is 1.59. The fraction of sp³-hybridized carbons (Fsp3) is 0.462. The summed E-state index contributed by atoms with van der Waals surface area (Å²) in [6.45, 7) is 5.90. The minimum Gasteiger partial charge on any atom is -0.307 e. The van der Waals surface area contributed by atoms with Crippen LogP contribution in [-0.4, -0.2) is 25.2 Å². The van der Waals surface area contributed by atoms with E-state index in [9.17, 15) is 4.57 Å². The van der Waals surface area contributed by atoms with Gasteiger partial charge in [0.1, 0.15) is 5.78 Å². The topological polar surface area (TPSA) is 47.9 Å². The van der Waals surface area contributed by atoms with E-state index < -0.39 is 13.4 Å². The molecule has 4 nitrogen and oxygen atoms in total. The Bertz CT molecular complexity index is 469. The Morgan fingerprint density at radius 1 is 1.32 bits per heavy atom. The van der Waals surface area contributed by atoms with Crippen molar-refractivity contribution in [3.63, 3.8) is 0 Å². The van der Waals surface area contributed by atoms with Crippen LogP contribution in [0.5, 0.6) is 0 Å². The van der Waals surface area contributed by atoms with Gasteiger partial charge in [-0.3, -0.25) is 9.56 Å². The van der Waals surface area contributed by atoms with Crippen molar-refractivity contribution >= 4 is 25.4 Å². The smallest absolute Gasteiger partial charge is 0.307 e. The molecule has 0 saturated heterocycles. The molecule has 0 N–H and O–H groups in total. The zero-order valence-corrected chi connectivity index (χ0v) is 13.0. The second-order valence-electron chi connectivity index (χ2n) is 3.81. The molecule has 19 heavy (non-hydrogen) atoms. The number of aliphatic imine (C=N–C) groups is 1.